The largest absolute Gasteiger partial charge is 0.510 e. The number of pyridine rings is 1. The number of aromatic nitrogens is 4. The van der Waals surface area contributed by atoms with E-state index < -0.39 is 0 Å². The summed E-state index contributed by atoms with van der Waals surface area (Å²) in [5.41, 5.74) is 6.51. The zero-order chi connectivity index (χ0) is 28.5. The molecule has 0 atom stereocenters. The van der Waals surface area contributed by atoms with Gasteiger partial charge in [0, 0.05) is 61.1 Å². The van der Waals surface area contributed by atoms with Crippen LogP contribution in [0, 0.1) is 18.5 Å². The van der Waals surface area contributed by atoms with Crippen molar-refractivity contribution in [1.82, 2.24) is 14.1 Å². The van der Waals surface area contributed by atoms with Crippen LogP contribution in [0.4, 0.5) is 0 Å². The summed E-state index contributed by atoms with van der Waals surface area (Å²) in [4.78, 5) is 4.89. The van der Waals surface area contributed by atoms with Crippen molar-refractivity contribution in [2.24, 2.45) is 7.05 Å². The van der Waals surface area contributed by atoms with Gasteiger partial charge in [0.2, 0.25) is 6.33 Å². The average Bonchev–Trinajstić information content (AvgIpc) is 3.70. The molecule has 214 valence electrons. The second-order valence-corrected chi connectivity index (χ2v) is 10.6. The van der Waals surface area contributed by atoms with Crippen LogP contribution in [-0.4, -0.2) is 14.1 Å². The van der Waals surface area contributed by atoms with Crippen LogP contribution in [0.1, 0.15) is 0 Å². The molecule has 7 heteroatoms. The third-order valence-corrected chi connectivity index (χ3v) is 7.98. The summed E-state index contributed by atoms with van der Waals surface area (Å²) < 4.78 is 18.7. The molecule has 0 amide bonds. The van der Waals surface area contributed by atoms with Gasteiger partial charge in [0.05, 0.1) is 18.1 Å². The van der Waals surface area contributed by atoms with E-state index in [1.807, 2.05) is 89.1 Å². The Balaban J connectivity index is 0.00000289. The Morgan fingerprint density at radius 1 is 0.705 bits per heavy atom. The van der Waals surface area contributed by atoms with Crippen LogP contribution in [0.2, 0.25) is 0 Å². The molecule has 0 radical (unpaired) electrons. The maximum Gasteiger partial charge on any atom is 0.242 e. The minimum absolute atomic E-state index is 0. The molecule has 4 aromatic heterocycles. The first-order valence-electron chi connectivity index (χ1n) is 14.0. The number of hydrogen-bond donors (Lipinski definition) is 0. The molecule has 9 aromatic rings. The molecule has 0 saturated heterocycles. The van der Waals surface area contributed by atoms with Crippen molar-refractivity contribution < 1.29 is 34.8 Å². The molecule has 9 rings (SSSR count). The Kier molecular flexibility index (Phi) is 6.14. The third-order valence-electron chi connectivity index (χ3n) is 7.98. The van der Waals surface area contributed by atoms with Crippen LogP contribution in [0.5, 0.6) is 11.5 Å². The first-order chi connectivity index (χ1) is 21.2. The molecule has 4 heterocycles. The van der Waals surface area contributed by atoms with Gasteiger partial charge in [0.1, 0.15) is 17.0 Å². The first-order valence-corrected chi connectivity index (χ1v) is 14.0. The Morgan fingerprint density at radius 2 is 1.48 bits per heavy atom. The van der Waals surface area contributed by atoms with E-state index in [9.17, 15) is 0 Å². The quantitative estimate of drug-likeness (QED) is 0.135. The SMILES string of the molecule is C[n+]1[c-]n(-c2[c-]c(Oc3[c-]c4c(cc3)c3ccccc3n4-c3cc4oc5ccccc5c4cn3)ccc2)c2ccccc21.[Pt]. The molecule has 0 unspecified atom stereocenters. The summed E-state index contributed by atoms with van der Waals surface area (Å²) in [6.45, 7) is 0. The van der Waals surface area contributed by atoms with Crippen LogP contribution in [-0.2, 0) is 28.1 Å². The zero-order valence-corrected chi connectivity index (χ0v) is 25.7. The maximum atomic E-state index is 6.37. The number of nitrogens with zero attached hydrogens (tertiary/aromatic N) is 4. The Hall–Kier alpha value is -5.19. The smallest absolute Gasteiger partial charge is 0.242 e. The Labute approximate surface area is 266 Å². The van der Waals surface area contributed by atoms with Crippen LogP contribution < -0.4 is 9.30 Å². The minimum atomic E-state index is 0. The topological polar surface area (TPSA) is 49.0 Å². The van der Waals surface area contributed by atoms with Crippen molar-refractivity contribution in [3.8, 4) is 23.0 Å². The van der Waals surface area contributed by atoms with Crippen LogP contribution in [0.25, 0.3) is 66.3 Å². The number of aryl methyl sites for hydroxylation is 1. The Morgan fingerprint density at radius 3 is 2.39 bits per heavy atom. The molecule has 0 aliphatic rings. The fourth-order valence-corrected chi connectivity index (χ4v) is 6.03. The molecule has 0 aliphatic carbocycles. The van der Waals surface area contributed by atoms with Gasteiger partial charge in [-0.05, 0) is 17.5 Å². The standard InChI is InChI=1S/C37H22N4O2.Pt/c1-39-23-40(33-15-6-5-14-32(33)39)24-9-8-10-25(19-24)42-26-17-18-28-27-11-2-4-13-31(27)41(34(28)20-26)37-21-36-30(22-38-37)29-12-3-7-16-35(29)43-36;/h2-18,21-22H,1H3;/q-2;. The molecule has 0 spiro atoms. The van der Waals surface area contributed by atoms with E-state index in [1.54, 1.807) is 0 Å². The summed E-state index contributed by atoms with van der Waals surface area (Å²) in [5.74, 6) is 1.93. The van der Waals surface area contributed by atoms with E-state index in [0.717, 1.165) is 66.3 Å². The first kappa shape index (κ1) is 26.4. The van der Waals surface area contributed by atoms with Gasteiger partial charge in [-0.25, -0.2) is 4.98 Å². The molecule has 5 aromatic carbocycles. The van der Waals surface area contributed by atoms with E-state index in [1.165, 1.54) is 0 Å². The van der Waals surface area contributed by atoms with Crippen molar-refractivity contribution in [2.45, 2.75) is 0 Å². The zero-order valence-electron chi connectivity index (χ0n) is 23.4. The van der Waals surface area contributed by atoms with E-state index in [2.05, 4.69) is 65.5 Å². The average molecular weight is 750 g/mol. The predicted octanol–water partition coefficient (Wildman–Crippen LogP) is 8.04. The molecule has 6 nitrogen and oxygen atoms in total. The molecule has 0 fully saturated rings. The molecule has 0 aliphatic heterocycles. The molecular formula is C37H22N4O2Pt-2. The number of para-hydroxylation sites is 4. The maximum absolute atomic E-state index is 6.37. The molecular weight excluding hydrogens is 728 g/mol. The number of fused-ring (bicyclic) bond motifs is 7. The number of hydrogen-bond acceptors (Lipinski definition) is 3. The molecule has 0 bridgehead atoms. The van der Waals surface area contributed by atoms with Crippen molar-refractivity contribution in [3.63, 3.8) is 0 Å². The van der Waals surface area contributed by atoms with E-state index in [-0.39, 0.29) is 21.1 Å². The van der Waals surface area contributed by atoms with Gasteiger partial charge < -0.3 is 22.9 Å². The van der Waals surface area contributed by atoms with Crippen molar-refractivity contribution in [1.29, 1.82) is 0 Å². The van der Waals surface area contributed by atoms with Crippen LogP contribution in [0.3, 0.4) is 0 Å². The predicted molar refractivity (Wildman–Crippen MR) is 167 cm³/mol. The van der Waals surface area contributed by atoms with Gasteiger partial charge in [0.25, 0.3) is 0 Å². The van der Waals surface area contributed by atoms with E-state index in [4.69, 9.17) is 14.1 Å². The summed E-state index contributed by atoms with van der Waals surface area (Å²) in [6, 6.07) is 43.4. The number of imidazole rings is 1. The number of rotatable bonds is 4. The summed E-state index contributed by atoms with van der Waals surface area (Å²) in [6.07, 6.45) is 5.26. The number of benzene rings is 5. The second-order valence-electron chi connectivity index (χ2n) is 10.6. The summed E-state index contributed by atoms with van der Waals surface area (Å²) >= 11 is 0. The van der Waals surface area contributed by atoms with Gasteiger partial charge in [-0.1, -0.05) is 71.9 Å². The van der Waals surface area contributed by atoms with Crippen LogP contribution in [0.15, 0.2) is 120 Å². The number of ether oxygens (including phenoxy) is 1. The molecule has 0 saturated carbocycles. The van der Waals surface area contributed by atoms with E-state index >= 15 is 0 Å². The minimum Gasteiger partial charge on any atom is -0.510 e. The Bertz CT molecular complexity index is 2520. The van der Waals surface area contributed by atoms with Crippen LogP contribution >= 0.6 is 0 Å². The fourth-order valence-electron chi connectivity index (χ4n) is 6.03. The summed E-state index contributed by atoms with van der Waals surface area (Å²) in [5, 5.41) is 4.22. The third kappa shape index (κ3) is 4.06. The van der Waals surface area contributed by atoms with Gasteiger partial charge in [-0.15, -0.1) is 29.7 Å². The van der Waals surface area contributed by atoms with Crippen molar-refractivity contribution in [3.05, 3.63) is 134 Å². The monoisotopic (exact) mass is 749 g/mol. The van der Waals surface area contributed by atoms with Gasteiger partial charge in [-0.2, -0.15) is 18.2 Å². The molecule has 0 N–H and O–H groups in total. The second kappa shape index (κ2) is 10.2. The van der Waals surface area contributed by atoms with E-state index in [0.29, 0.717) is 11.5 Å². The van der Waals surface area contributed by atoms with Crippen molar-refractivity contribution in [2.75, 3.05) is 0 Å². The summed E-state index contributed by atoms with van der Waals surface area (Å²) in [7, 11) is 1.99. The fraction of sp³-hybridized carbons (Fsp3) is 0.0270. The van der Waals surface area contributed by atoms with Gasteiger partial charge in [0.15, 0.2) is 0 Å². The molecule has 44 heavy (non-hydrogen) atoms. The normalized spacial score (nSPS) is 11.6. The number of furan rings is 1. The van der Waals surface area contributed by atoms with Crippen molar-refractivity contribution >= 4 is 54.8 Å². The van der Waals surface area contributed by atoms with Gasteiger partial charge in [-0.3, -0.25) is 0 Å². The van der Waals surface area contributed by atoms with Gasteiger partial charge >= 0.3 is 0 Å².